The van der Waals surface area contributed by atoms with E-state index in [2.05, 4.69) is 70.8 Å². The number of aromatic nitrogens is 2. The number of hydrogen-bond acceptors (Lipinski definition) is 7. The quantitative estimate of drug-likeness (QED) is 0.109. The second-order valence-corrected chi connectivity index (χ2v) is 19.5. The fraction of sp³-hybridized carbons (Fsp3) is 0.844. The first-order valence-corrected chi connectivity index (χ1v) is 21.3. The number of aliphatic hydroxyl groups excluding tert-OH is 1. The van der Waals surface area contributed by atoms with Gasteiger partial charge in [-0.25, -0.2) is 4.98 Å². The fourth-order valence-electron chi connectivity index (χ4n) is 13.9. The van der Waals surface area contributed by atoms with Crippen LogP contribution in [0.5, 0.6) is 0 Å². The van der Waals surface area contributed by atoms with E-state index >= 15 is 0 Å². The number of aliphatic hydroxyl groups is 1. The molecule has 298 valence electrons. The summed E-state index contributed by atoms with van der Waals surface area (Å²) in [7, 11) is 1.45. The lowest BCUT2D eigenvalue weighted by Gasteiger charge is -2.71. The van der Waals surface area contributed by atoms with Crippen LogP contribution in [0.1, 0.15) is 150 Å². The van der Waals surface area contributed by atoms with Crippen molar-refractivity contribution in [2.45, 2.75) is 176 Å². The molecule has 0 spiro atoms. The highest BCUT2D eigenvalue weighted by molar-refractivity contribution is 5.78. The van der Waals surface area contributed by atoms with E-state index in [1.54, 1.807) is 0 Å². The zero-order valence-electron chi connectivity index (χ0n) is 34.5. The molecule has 8 heteroatoms. The Labute approximate surface area is 320 Å². The molecule has 1 saturated heterocycles. The van der Waals surface area contributed by atoms with E-state index in [0.717, 1.165) is 69.3 Å². The highest BCUT2D eigenvalue weighted by Crippen LogP contribution is 2.77. The molecule has 1 aromatic rings. The molecule has 4 aliphatic carbocycles. The van der Waals surface area contributed by atoms with Gasteiger partial charge >= 0.3 is 11.9 Å². The van der Waals surface area contributed by atoms with Gasteiger partial charge in [-0.2, -0.15) is 0 Å². The van der Waals surface area contributed by atoms with Crippen LogP contribution in [0.4, 0.5) is 0 Å². The summed E-state index contributed by atoms with van der Waals surface area (Å²) in [6.45, 7) is 21.8. The minimum Gasteiger partial charge on any atom is -0.469 e. The Kier molecular flexibility index (Phi) is 11.8. The Hall–Kier alpha value is -2.19. The second kappa shape index (κ2) is 15.4. The number of unbranched alkanes of at least 4 members (excludes halogenated alkanes) is 7. The number of imidazole rings is 1. The van der Waals surface area contributed by atoms with Crippen molar-refractivity contribution in [3.05, 3.63) is 30.4 Å². The van der Waals surface area contributed by atoms with Gasteiger partial charge in [-0.1, -0.05) is 71.4 Å². The Balaban J connectivity index is 1.10. The number of allylic oxidation sites excluding steroid dienone is 1. The van der Waals surface area contributed by atoms with Crippen LogP contribution in [0.2, 0.25) is 0 Å². The van der Waals surface area contributed by atoms with Crippen LogP contribution in [0.25, 0.3) is 0 Å². The van der Waals surface area contributed by atoms with Gasteiger partial charge in [-0.3, -0.25) is 9.59 Å². The standard InChI is InChI=1S/C45H72N2O6/c1-30(2)32-18-21-45(40(50)52-27-17-15-13-11-10-12-14-16-25-47-26-24-46-31(47)3)23-22-42(6)33(38(32)45)28-34(48)39-43(42,7)20-19-35-41(4,5)53-36(44(35,39)8)29-37(49)51-9/h24,26,32-36,38-39,48H,1,10-23,25,27-29H2,2-9H3/t32-,33+,34+,35?,36?,38+,39-,42+,43+,44+,45-/m0/s1. The number of esters is 2. The third-order valence-electron chi connectivity index (χ3n) is 16.6. The molecular formula is C45H72N2O6. The van der Waals surface area contributed by atoms with Crippen molar-refractivity contribution >= 4 is 11.9 Å². The summed E-state index contributed by atoms with van der Waals surface area (Å²) in [6, 6.07) is 0. The molecule has 2 heterocycles. The number of fused-ring (bicyclic) bond motifs is 7. The molecule has 0 bridgehead atoms. The number of ether oxygens (including phenoxy) is 3. The zero-order valence-corrected chi connectivity index (χ0v) is 34.5. The van der Waals surface area contributed by atoms with Crippen LogP contribution in [0, 0.1) is 58.2 Å². The summed E-state index contributed by atoms with van der Waals surface area (Å²) in [4.78, 5) is 31.4. The SMILES string of the molecule is C=C(C)[C@@H]1CC[C@]2(C(=O)OCCCCCCCCCCn3ccnc3C)CC[C@]3(C)[C@H](C[C@@H](O)[C@@H]4[C@@]5(C)C(CC(=O)OC)OC(C)(C)C5CC[C@]43C)[C@@H]12. The van der Waals surface area contributed by atoms with E-state index in [4.69, 9.17) is 14.2 Å². The molecule has 1 aliphatic heterocycles. The number of carbonyl (C=O) groups excluding carboxylic acids is 2. The molecule has 11 atom stereocenters. The lowest BCUT2D eigenvalue weighted by atomic mass is 9.33. The summed E-state index contributed by atoms with van der Waals surface area (Å²) in [5.41, 5.74) is -0.399. The van der Waals surface area contributed by atoms with E-state index in [0.29, 0.717) is 13.0 Å². The van der Waals surface area contributed by atoms with Crippen molar-refractivity contribution in [2.75, 3.05) is 13.7 Å². The molecule has 0 aromatic carbocycles. The highest BCUT2D eigenvalue weighted by atomic mass is 16.5. The maximum Gasteiger partial charge on any atom is 0.312 e. The van der Waals surface area contributed by atoms with Crippen LogP contribution in [0.3, 0.4) is 0 Å². The predicted octanol–water partition coefficient (Wildman–Crippen LogP) is 9.40. The van der Waals surface area contributed by atoms with Crippen molar-refractivity contribution < 1.29 is 28.9 Å². The van der Waals surface area contributed by atoms with Crippen molar-refractivity contribution in [2.24, 2.45) is 51.2 Å². The minimum absolute atomic E-state index is 0.00273. The number of hydrogen-bond donors (Lipinski definition) is 1. The Morgan fingerprint density at radius 3 is 2.28 bits per heavy atom. The molecule has 2 unspecified atom stereocenters. The molecule has 0 radical (unpaired) electrons. The van der Waals surface area contributed by atoms with Gasteiger partial charge in [0.1, 0.15) is 5.82 Å². The van der Waals surface area contributed by atoms with Gasteiger partial charge in [-0.05, 0) is 126 Å². The molecule has 0 amide bonds. The van der Waals surface area contributed by atoms with Crippen molar-refractivity contribution in [1.82, 2.24) is 9.55 Å². The van der Waals surface area contributed by atoms with Crippen LogP contribution >= 0.6 is 0 Å². The molecule has 6 rings (SSSR count). The molecule has 5 fully saturated rings. The molecule has 1 N–H and O–H groups in total. The van der Waals surface area contributed by atoms with Crippen LogP contribution < -0.4 is 0 Å². The van der Waals surface area contributed by atoms with Gasteiger partial charge in [0.15, 0.2) is 0 Å². The number of carbonyl (C=O) groups is 2. The third-order valence-corrected chi connectivity index (χ3v) is 16.6. The van der Waals surface area contributed by atoms with Crippen LogP contribution in [-0.2, 0) is 30.3 Å². The first-order valence-electron chi connectivity index (χ1n) is 21.3. The molecular weight excluding hydrogens is 665 g/mol. The van der Waals surface area contributed by atoms with Crippen molar-refractivity contribution in [3.8, 4) is 0 Å². The summed E-state index contributed by atoms with van der Waals surface area (Å²) < 4.78 is 20.4. The zero-order chi connectivity index (χ0) is 38.4. The Morgan fingerprint density at radius 1 is 0.962 bits per heavy atom. The average Bonchev–Trinajstić information content (AvgIpc) is 3.76. The lowest BCUT2D eigenvalue weighted by Crippen LogP contribution is -2.69. The van der Waals surface area contributed by atoms with Crippen LogP contribution in [0.15, 0.2) is 24.5 Å². The molecule has 53 heavy (non-hydrogen) atoms. The van der Waals surface area contributed by atoms with Crippen molar-refractivity contribution in [3.63, 3.8) is 0 Å². The third kappa shape index (κ3) is 6.86. The summed E-state index contributed by atoms with van der Waals surface area (Å²) in [5, 5.41) is 12.5. The Bertz CT molecular complexity index is 1490. The van der Waals surface area contributed by atoms with E-state index in [-0.39, 0.29) is 70.3 Å². The largest absolute Gasteiger partial charge is 0.469 e. The molecule has 1 aromatic heterocycles. The van der Waals surface area contributed by atoms with Crippen LogP contribution in [-0.4, -0.2) is 58.1 Å². The maximum atomic E-state index is 14.4. The van der Waals surface area contributed by atoms with Gasteiger partial charge < -0.3 is 23.9 Å². The smallest absolute Gasteiger partial charge is 0.312 e. The molecule has 8 nitrogen and oxygen atoms in total. The van der Waals surface area contributed by atoms with E-state index in [1.165, 1.54) is 45.6 Å². The Morgan fingerprint density at radius 2 is 1.64 bits per heavy atom. The van der Waals surface area contributed by atoms with E-state index in [1.807, 2.05) is 6.20 Å². The molecule has 4 saturated carbocycles. The highest BCUT2D eigenvalue weighted by Gasteiger charge is 2.76. The number of methoxy groups -OCH3 is 1. The first kappa shape index (κ1) is 40.5. The van der Waals surface area contributed by atoms with E-state index < -0.39 is 17.1 Å². The minimum atomic E-state index is -0.553. The molecule has 5 aliphatic rings. The normalized spacial score (nSPS) is 39.8. The predicted molar refractivity (Wildman–Crippen MR) is 208 cm³/mol. The van der Waals surface area contributed by atoms with Gasteiger partial charge in [0, 0.05) is 24.4 Å². The topological polar surface area (TPSA) is 99.9 Å². The van der Waals surface area contributed by atoms with Gasteiger partial charge in [0.25, 0.3) is 0 Å². The number of nitrogens with zero attached hydrogens (tertiary/aromatic N) is 2. The monoisotopic (exact) mass is 737 g/mol. The summed E-state index contributed by atoms with van der Waals surface area (Å²) in [5.74, 6) is 1.59. The maximum absolute atomic E-state index is 14.4. The number of aryl methyl sites for hydroxylation is 2. The van der Waals surface area contributed by atoms with Gasteiger partial charge in [-0.15, -0.1) is 0 Å². The second-order valence-electron chi connectivity index (χ2n) is 19.5. The summed E-state index contributed by atoms with van der Waals surface area (Å²) >= 11 is 0. The van der Waals surface area contributed by atoms with Gasteiger partial charge in [0.2, 0.25) is 0 Å². The average molecular weight is 737 g/mol. The van der Waals surface area contributed by atoms with E-state index in [9.17, 15) is 14.7 Å². The first-order chi connectivity index (χ1) is 25.1. The van der Waals surface area contributed by atoms with Crippen molar-refractivity contribution in [1.29, 1.82) is 0 Å². The summed E-state index contributed by atoms with van der Waals surface area (Å²) in [6.07, 6.45) is 18.9. The number of rotatable bonds is 15. The lowest BCUT2D eigenvalue weighted by molar-refractivity contribution is -0.255. The fourth-order valence-corrected chi connectivity index (χ4v) is 13.9. The van der Waals surface area contributed by atoms with Gasteiger partial charge in [0.05, 0.1) is 43.4 Å².